The first-order valence-electron chi connectivity index (χ1n) is 7.98. The molecule has 22 heavy (non-hydrogen) atoms. The summed E-state index contributed by atoms with van der Waals surface area (Å²) in [6, 6.07) is 8.26. The molecule has 1 N–H and O–H groups in total. The first-order chi connectivity index (χ1) is 10.1. The van der Waals surface area contributed by atoms with E-state index in [-0.39, 0.29) is 18.3 Å². The molecule has 0 amide bonds. The van der Waals surface area contributed by atoms with Crippen LogP contribution in [0.15, 0.2) is 24.3 Å². The van der Waals surface area contributed by atoms with E-state index in [4.69, 9.17) is 9.31 Å². The number of hydrogen-bond acceptors (Lipinski definition) is 4. The first-order valence-corrected chi connectivity index (χ1v) is 7.98. The Bertz CT molecular complexity index is 547. The van der Waals surface area contributed by atoms with Crippen LogP contribution in [0.5, 0.6) is 0 Å². The lowest BCUT2D eigenvalue weighted by atomic mass is 9.75. The van der Waals surface area contributed by atoms with E-state index in [0.29, 0.717) is 13.1 Å². The van der Waals surface area contributed by atoms with Crippen LogP contribution < -0.4 is 5.46 Å². The van der Waals surface area contributed by atoms with Crippen molar-refractivity contribution in [3.8, 4) is 0 Å². The highest BCUT2D eigenvalue weighted by Gasteiger charge is 2.52. The van der Waals surface area contributed by atoms with Gasteiger partial charge in [0.15, 0.2) is 0 Å². The Morgan fingerprint density at radius 3 is 2.14 bits per heavy atom. The van der Waals surface area contributed by atoms with Gasteiger partial charge in [-0.15, -0.1) is 0 Å². The summed E-state index contributed by atoms with van der Waals surface area (Å²) in [4.78, 5) is 2.24. The molecule has 0 saturated carbocycles. The van der Waals surface area contributed by atoms with Crippen LogP contribution in [-0.2, 0) is 15.9 Å². The van der Waals surface area contributed by atoms with E-state index < -0.39 is 5.60 Å². The number of rotatable bonds is 3. The fourth-order valence-electron chi connectivity index (χ4n) is 3.15. The largest absolute Gasteiger partial charge is 0.495 e. The van der Waals surface area contributed by atoms with E-state index in [1.54, 1.807) is 0 Å². The highest BCUT2D eigenvalue weighted by atomic mass is 16.7. The topological polar surface area (TPSA) is 41.9 Å². The Morgan fingerprint density at radius 2 is 1.59 bits per heavy atom. The average Bonchev–Trinajstić information content (AvgIpc) is 2.56. The number of nitrogens with zero attached hydrogens (tertiary/aromatic N) is 1. The second-order valence-electron chi connectivity index (χ2n) is 7.93. The second kappa shape index (κ2) is 5.06. The van der Waals surface area contributed by atoms with Crippen molar-refractivity contribution in [1.82, 2.24) is 4.90 Å². The summed E-state index contributed by atoms with van der Waals surface area (Å²) in [6.07, 6.45) is 0. The minimum Gasteiger partial charge on any atom is -0.399 e. The Morgan fingerprint density at radius 1 is 1.05 bits per heavy atom. The highest BCUT2D eigenvalue weighted by Crippen LogP contribution is 2.36. The summed E-state index contributed by atoms with van der Waals surface area (Å²) in [5.41, 5.74) is 1.10. The van der Waals surface area contributed by atoms with Crippen LogP contribution in [0.25, 0.3) is 0 Å². The molecule has 3 rings (SSSR count). The molecule has 0 spiro atoms. The van der Waals surface area contributed by atoms with Crippen LogP contribution in [-0.4, -0.2) is 47.0 Å². The van der Waals surface area contributed by atoms with Crippen molar-refractivity contribution in [1.29, 1.82) is 0 Å². The minimum atomic E-state index is -0.542. The van der Waals surface area contributed by atoms with Gasteiger partial charge >= 0.3 is 7.12 Å². The van der Waals surface area contributed by atoms with E-state index in [1.165, 1.54) is 5.56 Å². The van der Waals surface area contributed by atoms with Crippen LogP contribution >= 0.6 is 0 Å². The molecule has 2 saturated heterocycles. The Kier molecular flexibility index (Phi) is 3.68. The van der Waals surface area contributed by atoms with Gasteiger partial charge in [-0.05, 0) is 45.6 Å². The maximum absolute atomic E-state index is 9.89. The summed E-state index contributed by atoms with van der Waals surface area (Å²) >= 11 is 0. The zero-order chi connectivity index (χ0) is 16.2. The van der Waals surface area contributed by atoms with Gasteiger partial charge in [0.25, 0.3) is 0 Å². The van der Waals surface area contributed by atoms with E-state index >= 15 is 0 Å². The highest BCUT2D eigenvalue weighted by molar-refractivity contribution is 6.62. The van der Waals surface area contributed by atoms with Crippen molar-refractivity contribution < 1.29 is 14.4 Å². The molecule has 1 aromatic carbocycles. The lowest BCUT2D eigenvalue weighted by molar-refractivity contribution is -0.0870. The molecule has 5 heteroatoms. The van der Waals surface area contributed by atoms with Crippen LogP contribution in [0.2, 0.25) is 0 Å². The predicted molar refractivity (Wildman–Crippen MR) is 88.1 cm³/mol. The van der Waals surface area contributed by atoms with Gasteiger partial charge < -0.3 is 14.4 Å². The van der Waals surface area contributed by atoms with E-state index in [1.807, 2.05) is 19.1 Å². The second-order valence-corrected chi connectivity index (χ2v) is 7.93. The standard InChI is InChI=1S/C17H26BNO3/c1-15(2)16(3,4)22-18(21-15)14-9-7-6-8-13(14)10-19-11-17(5,20)12-19/h6-9,20H,10-12H2,1-5H3. The van der Waals surface area contributed by atoms with Gasteiger partial charge in [0.2, 0.25) is 0 Å². The summed E-state index contributed by atoms with van der Waals surface area (Å²) in [5.74, 6) is 0. The van der Waals surface area contributed by atoms with Crippen molar-refractivity contribution in [3.63, 3.8) is 0 Å². The van der Waals surface area contributed by atoms with Gasteiger partial charge in [-0.1, -0.05) is 24.3 Å². The zero-order valence-electron chi connectivity index (χ0n) is 14.2. The van der Waals surface area contributed by atoms with Gasteiger partial charge in [0, 0.05) is 19.6 Å². The lowest BCUT2D eigenvalue weighted by Crippen LogP contribution is -2.59. The lowest BCUT2D eigenvalue weighted by Gasteiger charge is -2.44. The van der Waals surface area contributed by atoms with Crippen LogP contribution in [0, 0.1) is 0 Å². The number of aliphatic hydroxyl groups is 1. The predicted octanol–water partition coefficient (Wildman–Crippen LogP) is 1.55. The number of hydrogen-bond donors (Lipinski definition) is 1. The molecule has 0 aromatic heterocycles. The van der Waals surface area contributed by atoms with E-state index in [2.05, 4.69) is 44.7 Å². The number of β-amino-alcohol motifs (C(OH)–C–C–N with tert-alkyl or cyclic N) is 1. The fourth-order valence-corrected chi connectivity index (χ4v) is 3.15. The molecule has 0 unspecified atom stereocenters. The van der Waals surface area contributed by atoms with Crippen LogP contribution in [0.1, 0.15) is 40.2 Å². The van der Waals surface area contributed by atoms with Crippen molar-refractivity contribution in [2.45, 2.75) is 58.0 Å². The summed E-state index contributed by atoms with van der Waals surface area (Å²) in [6.45, 7) is 12.4. The molecule has 0 bridgehead atoms. The van der Waals surface area contributed by atoms with Crippen molar-refractivity contribution in [3.05, 3.63) is 29.8 Å². The summed E-state index contributed by atoms with van der Waals surface area (Å²) < 4.78 is 12.3. The van der Waals surface area contributed by atoms with E-state index in [9.17, 15) is 5.11 Å². The number of benzene rings is 1. The molecule has 0 radical (unpaired) electrons. The van der Waals surface area contributed by atoms with Crippen molar-refractivity contribution in [2.75, 3.05) is 13.1 Å². The third-order valence-electron chi connectivity index (χ3n) is 5.08. The first kappa shape index (κ1) is 16.0. The average molecular weight is 303 g/mol. The van der Waals surface area contributed by atoms with Crippen LogP contribution in [0.3, 0.4) is 0 Å². The number of likely N-dealkylation sites (tertiary alicyclic amines) is 1. The van der Waals surface area contributed by atoms with Crippen molar-refractivity contribution in [2.24, 2.45) is 0 Å². The van der Waals surface area contributed by atoms with Gasteiger partial charge in [-0.25, -0.2) is 0 Å². The summed E-state index contributed by atoms with van der Waals surface area (Å²) in [7, 11) is -0.331. The van der Waals surface area contributed by atoms with Gasteiger partial charge in [0.05, 0.1) is 16.8 Å². The maximum atomic E-state index is 9.89. The zero-order valence-corrected chi connectivity index (χ0v) is 14.2. The smallest absolute Gasteiger partial charge is 0.399 e. The fraction of sp³-hybridized carbons (Fsp3) is 0.647. The molecule has 2 aliphatic heterocycles. The van der Waals surface area contributed by atoms with E-state index in [0.717, 1.165) is 12.0 Å². The van der Waals surface area contributed by atoms with Gasteiger partial charge in [0.1, 0.15) is 0 Å². The third kappa shape index (κ3) is 2.83. The monoisotopic (exact) mass is 303 g/mol. The molecule has 1 aromatic rings. The molecule has 4 nitrogen and oxygen atoms in total. The van der Waals surface area contributed by atoms with Crippen molar-refractivity contribution >= 4 is 12.6 Å². The normalized spacial score (nSPS) is 26.0. The molecule has 2 aliphatic rings. The Labute approximate surface area is 133 Å². The molecule has 2 heterocycles. The summed E-state index contributed by atoms with van der Waals surface area (Å²) in [5, 5.41) is 9.89. The molecule has 120 valence electrons. The maximum Gasteiger partial charge on any atom is 0.495 e. The molecule has 0 atom stereocenters. The van der Waals surface area contributed by atoms with Gasteiger partial charge in [-0.3, -0.25) is 4.90 Å². The Hall–Kier alpha value is -0.875. The third-order valence-corrected chi connectivity index (χ3v) is 5.08. The van der Waals surface area contributed by atoms with Crippen LogP contribution in [0.4, 0.5) is 0 Å². The SMILES string of the molecule is CC1(O)CN(Cc2ccccc2B2OC(C)(C)C(C)(C)O2)C1. The van der Waals surface area contributed by atoms with Gasteiger partial charge in [-0.2, -0.15) is 0 Å². The Balaban J connectivity index is 1.78. The molecule has 2 fully saturated rings. The molecular formula is C17H26BNO3. The minimum absolute atomic E-state index is 0.328. The molecular weight excluding hydrogens is 277 g/mol. The molecule has 0 aliphatic carbocycles. The quantitative estimate of drug-likeness (QED) is 0.860.